The van der Waals surface area contributed by atoms with E-state index in [0.29, 0.717) is 38.0 Å². The van der Waals surface area contributed by atoms with E-state index < -0.39 is 11.8 Å². The maximum Gasteiger partial charge on any atom is 0.345 e. The van der Waals surface area contributed by atoms with Crippen LogP contribution in [0.15, 0.2) is 23.0 Å². The van der Waals surface area contributed by atoms with Crippen molar-refractivity contribution in [2.45, 2.75) is 39.5 Å². The quantitative estimate of drug-likeness (QED) is 0.731. The smallest absolute Gasteiger partial charge is 0.345 e. The molecule has 1 aliphatic rings. The molecule has 2 heterocycles. The van der Waals surface area contributed by atoms with Gasteiger partial charge in [0.2, 0.25) is 5.91 Å². The molecule has 1 fully saturated rings. The van der Waals surface area contributed by atoms with Crippen molar-refractivity contribution in [2.75, 3.05) is 20.2 Å². The molecule has 1 saturated heterocycles. The number of likely N-dealkylation sites (tertiary alicyclic amines) is 1. The average Bonchev–Trinajstić information content (AvgIpc) is 3.16. The van der Waals surface area contributed by atoms with Gasteiger partial charge in [0.25, 0.3) is 0 Å². The summed E-state index contributed by atoms with van der Waals surface area (Å²) in [5, 5.41) is 0. The SMILES string of the molecule is COC(=O)c1cc(CC2CCN(C(=O)CCc3c(C)nc(=O)[nH]c3C)C2)ccc1F. The summed E-state index contributed by atoms with van der Waals surface area (Å²) in [6.07, 6.45) is 2.40. The minimum atomic E-state index is -0.695. The molecule has 2 aromatic rings. The lowest BCUT2D eigenvalue weighted by molar-refractivity contribution is -0.130. The molecule has 1 amide bonds. The first-order valence-corrected chi connectivity index (χ1v) is 9.99. The van der Waals surface area contributed by atoms with Gasteiger partial charge in [0.15, 0.2) is 0 Å². The number of H-pyrrole nitrogens is 1. The molecule has 1 aromatic heterocycles. The zero-order valence-corrected chi connectivity index (χ0v) is 17.5. The van der Waals surface area contributed by atoms with Crippen LogP contribution in [0.4, 0.5) is 4.39 Å². The molecule has 0 aliphatic carbocycles. The van der Waals surface area contributed by atoms with Gasteiger partial charge in [-0.1, -0.05) is 6.07 Å². The zero-order chi connectivity index (χ0) is 21.8. The predicted octanol–water partition coefficient (Wildman–Crippen LogP) is 2.34. The minimum Gasteiger partial charge on any atom is -0.465 e. The second kappa shape index (κ2) is 9.19. The van der Waals surface area contributed by atoms with Crippen molar-refractivity contribution in [1.29, 1.82) is 0 Å². The first-order valence-electron chi connectivity index (χ1n) is 9.99. The van der Waals surface area contributed by atoms with Crippen molar-refractivity contribution in [3.05, 3.63) is 62.6 Å². The van der Waals surface area contributed by atoms with Gasteiger partial charge in [-0.05, 0) is 62.3 Å². The van der Waals surface area contributed by atoms with Crippen molar-refractivity contribution >= 4 is 11.9 Å². The number of hydrogen-bond donors (Lipinski definition) is 1. The van der Waals surface area contributed by atoms with Gasteiger partial charge in [0, 0.05) is 30.9 Å². The zero-order valence-electron chi connectivity index (χ0n) is 17.5. The highest BCUT2D eigenvalue weighted by molar-refractivity contribution is 5.89. The van der Waals surface area contributed by atoms with Crippen LogP contribution in [0, 0.1) is 25.6 Å². The monoisotopic (exact) mass is 415 g/mol. The van der Waals surface area contributed by atoms with E-state index in [4.69, 9.17) is 0 Å². The van der Waals surface area contributed by atoms with Crippen LogP contribution in [-0.2, 0) is 22.4 Å². The molecule has 0 radical (unpaired) electrons. The summed E-state index contributed by atoms with van der Waals surface area (Å²) < 4.78 is 18.4. The highest BCUT2D eigenvalue weighted by atomic mass is 19.1. The number of carbonyl (C=O) groups is 2. The van der Waals surface area contributed by atoms with E-state index >= 15 is 0 Å². The summed E-state index contributed by atoms with van der Waals surface area (Å²) in [5.74, 6) is -0.976. The van der Waals surface area contributed by atoms with Gasteiger partial charge in [-0.3, -0.25) is 4.79 Å². The molecule has 7 nitrogen and oxygen atoms in total. The second-order valence-corrected chi connectivity index (χ2v) is 7.74. The molecule has 1 aromatic carbocycles. The van der Waals surface area contributed by atoms with Crippen molar-refractivity contribution in [1.82, 2.24) is 14.9 Å². The molecule has 0 spiro atoms. The number of ether oxygens (including phenoxy) is 1. The number of methoxy groups -OCH3 is 1. The van der Waals surface area contributed by atoms with Gasteiger partial charge in [0.05, 0.1) is 12.7 Å². The largest absolute Gasteiger partial charge is 0.465 e. The third-order valence-electron chi connectivity index (χ3n) is 5.64. The number of hydrogen-bond acceptors (Lipinski definition) is 5. The van der Waals surface area contributed by atoms with Crippen LogP contribution in [0.25, 0.3) is 0 Å². The number of amides is 1. The number of nitrogens with zero attached hydrogens (tertiary/aromatic N) is 2. The van der Waals surface area contributed by atoms with Gasteiger partial charge in [-0.25, -0.2) is 14.0 Å². The van der Waals surface area contributed by atoms with Crippen LogP contribution in [0.3, 0.4) is 0 Å². The molecule has 8 heteroatoms. The summed E-state index contributed by atoms with van der Waals surface area (Å²) >= 11 is 0. The van der Waals surface area contributed by atoms with Crippen LogP contribution in [0.1, 0.15) is 45.7 Å². The summed E-state index contributed by atoms with van der Waals surface area (Å²) in [7, 11) is 1.22. The maximum atomic E-state index is 13.8. The normalized spacial score (nSPS) is 16.0. The molecule has 3 rings (SSSR count). The lowest BCUT2D eigenvalue weighted by atomic mass is 9.97. The number of nitrogens with one attached hydrogen (secondary N) is 1. The Balaban J connectivity index is 1.57. The minimum absolute atomic E-state index is 0.0665. The standard InChI is InChI=1S/C22H26FN3O4/c1-13-17(14(2)25-22(29)24-13)5-7-20(27)26-9-8-16(12-26)10-15-4-6-19(23)18(11-15)21(28)30-3/h4,6,11,16H,5,7-10,12H2,1-3H3,(H,24,25,29). The van der Waals surface area contributed by atoms with E-state index in [1.165, 1.54) is 19.2 Å². The molecular formula is C22H26FN3O4. The third kappa shape index (κ3) is 4.93. The van der Waals surface area contributed by atoms with Gasteiger partial charge in [-0.2, -0.15) is 4.98 Å². The Morgan fingerprint density at radius 1 is 1.33 bits per heavy atom. The molecule has 1 aliphatic heterocycles. The van der Waals surface area contributed by atoms with Crippen LogP contribution >= 0.6 is 0 Å². The van der Waals surface area contributed by atoms with E-state index in [0.717, 1.165) is 23.2 Å². The van der Waals surface area contributed by atoms with Crippen molar-refractivity contribution in [2.24, 2.45) is 5.92 Å². The Hall–Kier alpha value is -3.03. The van der Waals surface area contributed by atoms with Crippen molar-refractivity contribution in [3.63, 3.8) is 0 Å². The van der Waals surface area contributed by atoms with Crippen LogP contribution in [0.2, 0.25) is 0 Å². The predicted molar refractivity (Wildman–Crippen MR) is 109 cm³/mol. The Morgan fingerprint density at radius 2 is 2.10 bits per heavy atom. The number of aromatic amines is 1. The number of aryl methyl sites for hydroxylation is 2. The van der Waals surface area contributed by atoms with E-state index in [1.54, 1.807) is 13.0 Å². The fourth-order valence-electron chi connectivity index (χ4n) is 4.04. The fourth-order valence-corrected chi connectivity index (χ4v) is 4.04. The molecule has 1 unspecified atom stereocenters. The lowest BCUT2D eigenvalue weighted by Gasteiger charge is -2.17. The molecular weight excluding hydrogens is 389 g/mol. The summed E-state index contributed by atoms with van der Waals surface area (Å²) in [4.78, 5) is 44.2. The van der Waals surface area contributed by atoms with Crippen LogP contribution in [-0.4, -0.2) is 46.9 Å². The number of esters is 1. The van der Waals surface area contributed by atoms with E-state index in [1.807, 2.05) is 11.8 Å². The number of halogens is 1. The van der Waals surface area contributed by atoms with Gasteiger partial charge >= 0.3 is 11.7 Å². The first kappa shape index (κ1) is 21.7. The number of carbonyl (C=O) groups excluding carboxylic acids is 2. The highest BCUT2D eigenvalue weighted by Crippen LogP contribution is 2.23. The number of benzene rings is 1. The summed E-state index contributed by atoms with van der Waals surface area (Å²) in [6.45, 7) is 4.90. The Kier molecular flexibility index (Phi) is 6.64. The summed E-state index contributed by atoms with van der Waals surface area (Å²) in [6, 6.07) is 4.48. The Bertz CT molecular complexity index is 992. The van der Waals surface area contributed by atoms with E-state index in [9.17, 15) is 18.8 Å². The molecule has 30 heavy (non-hydrogen) atoms. The highest BCUT2D eigenvalue weighted by Gasteiger charge is 2.27. The second-order valence-electron chi connectivity index (χ2n) is 7.74. The first-order chi connectivity index (χ1) is 14.3. The van der Waals surface area contributed by atoms with Crippen molar-refractivity contribution < 1.29 is 18.7 Å². The van der Waals surface area contributed by atoms with E-state index in [2.05, 4.69) is 14.7 Å². The van der Waals surface area contributed by atoms with Gasteiger partial charge in [0.1, 0.15) is 5.82 Å². The van der Waals surface area contributed by atoms with E-state index in [-0.39, 0.29) is 23.1 Å². The molecule has 1 N–H and O–H groups in total. The third-order valence-corrected chi connectivity index (χ3v) is 5.64. The van der Waals surface area contributed by atoms with Crippen LogP contribution in [0.5, 0.6) is 0 Å². The maximum absolute atomic E-state index is 13.8. The molecule has 0 bridgehead atoms. The Morgan fingerprint density at radius 3 is 2.80 bits per heavy atom. The number of rotatable bonds is 6. The fraction of sp³-hybridized carbons (Fsp3) is 0.455. The lowest BCUT2D eigenvalue weighted by Crippen LogP contribution is -2.29. The summed E-state index contributed by atoms with van der Waals surface area (Å²) in [5.41, 5.74) is 2.71. The average molecular weight is 415 g/mol. The molecule has 1 atom stereocenters. The van der Waals surface area contributed by atoms with Crippen LogP contribution < -0.4 is 5.69 Å². The van der Waals surface area contributed by atoms with Gasteiger partial charge < -0.3 is 14.6 Å². The topological polar surface area (TPSA) is 92.4 Å². The number of aromatic nitrogens is 2. The van der Waals surface area contributed by atoms with Gasteiger partial charge in [-0.15, -0.1) is 0 Å². The Labute approximate surface area is 174 Å². The molecule has 160 valence electrons. The molecule has 0 saturated carbocycles. The van der Waals surface area contributed by atoms with Crippen molar-refractivity contribution in [3.8, 4) is 0 Å².